The minimum absolute atomic E-state index is 0.164. The Bertz CT molecular complexity index is 373. The molecule has 1 atom stereocenters. The Hall–Kier alpha value is -1.07. The maximum Gasteiger partial charge on any atom is 0.308 e. The largest absolute Gasteiger partial charge is 0.481 e. The normalized spacial score (nSPS) is 12.2. The van der Waals surface area contributed by atoms with E-state index in [2.05, 4.69) is 15.5 Å². The van der Waals surface area contributed by atoms with Gasteiger partial charge in [-0.2, -0.15) is 0 Å². The quantitative estimate of drug-likeness (QED) is 0.853. The Morgan fingerprint density at radius 1 is 1.60 bits per heavy atom. The van der Waals surface area contributed by atoms with Gasteiger partial charge in [-0.25, -0.2) is 0 Å². The lowest BCUT2D eigenvalue weighted by atomic mass is 10.2. The zero-order valence-electron chi connectivity index (χ0n) is 7.87. The molecule has 1 rings (SSSR count). The molecule has 0 saturated heterocycles. The number of rotatable bonds is 4. The number of nitrogens with one attached hydrogen (secondary N) is 1. The highest BCUT2D eigenvalue weighted by molar-refractivity contribution is 6.33. The van der Waals surface area contributed by atoms with Gasteiger partial charge in [-0.15, -0.1) is 10.2 Å². The number of carboxylic acids is 1. The smallest absolute Gasteiger partial charge is 0.308 e. The van der Waals surface area contributed by atoms with Gasteiger partial charge in [0.2, 0.25) is 0 Å². The first-order chi connectivity index (χ1) is 7.00. The number of hydrogen-bond acceptors (Lipinski definition) is 4. The summed E-state index contributed by atoms with van der Waals surface area (Å²) in [4.78, 5) is 10.5. The number of aromatic nitrogens is 2. The van der Waals surface area contributed by atoms with Gasteiger partial charge in [0.15, 0.2) is 10.3 Å². The van der Waals surface area contributed by atoms with E-state index >= 15 is 0 Å². The summed E-state index contributed by atoms with van der Waals surface area (Å²) in [6.07, 6.45) is 0. The van der Waals surface area contributed by atoms with E-state index in [1.54, 1.807) is 6.92 Å². The monoisotopic (exact) mass is 249 g/mol. The highest BCUT2D eigenvalue weighted by atomic mass is 35.5. The van der Waals surface area contributed by atoms with Gasteiger partial charge in [0.1, 0.15) is 0 Å². The van der Waals surface area contributed by atoms with Crippen LogP contribution in [0.15, 0.2) is 6.07 Å². The Morgan fingerprint density at radius 3 is 2.87 bits per heavy atom. The van der Waals surface area contributed by atoms with E-state index in [1.165, 1.54) is 6.07 Å². The second-order valence-corrected chi connectivity index (χ2v) is 3.74. The Kier molecular flexibility index (Phi) is 4.11. The summed E-state index contributed by atoms with van der Waals surface area (Å²) >= 11 is 11.3. The van der Waals surface area contributed by atoms with E-state index in [1.807, 2.05) is 0 Å². The number of carboxylic acid groups (broad SMARTS) is 1. The molecule has 0 aliphatic rings. The predicted molar refractivity (Wildman–Crippen MR) is 57.3 cm³/mol. The van der Waals surface area contributed by atoms with E-state index in [0.29, 0.717) is 5.69 Å². The van der Waals surface area contributed by atoms with Crippen molar-refractivity contribution >= 4 is 34.9 Å². The van der Waals surface area contributed by atoms with Crippen LogP contribution in [0.2, 0.25) is 10.3 Å². The SMILES string of the molecule is CC(CNc1cc(Cl)nnc1Cl)C(=O)O. The highest BCUT2D eigenvalue weighted by Gasteiger charge is 2.11. The van der Waals surface area contributed by atoms with Crippen molar-refractivity contribution < 1.29 is 9.90 Å². The standard InChI is InChI=1S/C8H9Cl2N3O2/c1-4(8(14)15)3-11-5-2-6(9)12-13-7(5)10/h2,4H,3H2,1H3,(H,11,12)(H,14,15). The van der Waals surface area contributed by atoms with Crippen molar-refractivity contribution in [3.8, 4) is 0 Å². The van der Waals surface area contributed by atoms with Crippen LogP contribution in [-0.4, -0.2) is 27.8 Å². The molecule has 0 fully saturated rings. The summed E-state index contributed by atoms with van der Waals surface area (Å²) < 4.78 is 0. The van der Waals surface area contributed by atoms with Crippen molar-refractivity contribution in [1.29, 1.82) is 0 Å². The Labute approximate surface area is 96.4 Å². The molecule has 0 aliphatic carbocycles. The third-order valence-corrected chi connectivity index (χ3v) is 2.20. The first-order valence-electron chi connectivity index (χ1n) is 4.16. The second-order valence-electron chi connectivity index (χ2n) is 2.99. The number of hydrogen-bond donors (Lipinski definition) is 2. The zero-order chi connectivity index (χ0) is 11.4. The summed E-state index contributed by atoms with van der Waals surface area (Å²) in [5.41, 5.74) is 0.477. The van der Waals surface area contributed by atoms with Crippen LogP contribution in [0.1, 0.15) is 6.92 Å². The fraction of sp³-hybridized carbons (Fsp3) is 0.375. The van der Waals surface area contributed by atoms with Crippen LogP contribution in [0.25, 0.3) is 0 Å². The van der Waals surface area contributed by atoms with Crippen molar-refractivity contribution in [2.45, 2.75) is 6.92 Å². The molecule has 0 aliphatic heterocycles. The molecule has 82 valence electrons. The second kappa shape index (κ2) is 5.14. The van der Waals surface area contributed by atoms with Gasteiger partial charge in [-0.3, -0.25) is 4.79 Å². The van der Waals surface area contributed by atoms with Crippen LogP contribution in [0.5, 0.6) is 0 Å². The lowest BCUT2D eigenvalue weighted by Crippen LogP contribution is -2.19. The summed E-state index contributed by atoms with van der Waals surface area (Å²) in [6.45, 7) is 1.83. The molecular weight excluding hydrogens is 241 g/mol. The van der Waals surface area contributed by atoms with Crippen molar-refractivity contribution in [3.05, 3.63) is 16.4 Å². The molecule has 1 aromatic heterocycles. The van der Waals surface area contributed by atoms with E-state index < -0.39 is 11.9 Å². The lowest BCUT2D eigenvalue weighted by molar-refractivity contribution is -0.140. The first kappa shape index (κ1) is 12.0. The molecule has 1 unspecified atom stereocenters. The maximum absolute atomic E-state index is 10.5. The van der Waals surface area contributed by atoms with E-state index in [9.17, 15) is 4.79 Å². The van der Waals surface area contributed by atoms with Gasteiger partial charge < -0.3 is 10.4 Å². The third-order valence-electron chi connectivity index (χ3n) is 1.74. The van der Waals surface area contributed by atoms with Crippen LogP contribution in [-0.2, 0) is 4.79 Å². The van der Waals surface area contributed by atoms with Crippen LogP contribution < -0.4 is 5.32 Å². The van der Waals surface area contributed by atoms with Gasteiger partial charge >= 0.3 is 5.97 Å². The fourth-order valence-corrected chi connectivity index (χ4v) is 1.13. The molecule has 0 aromatic carbocycles. The van der Waals surface area contributed by atoms with Crippen molar-refractivity contribution in [2.24, 2.45) is 5.92 Å². The van der Waals surface area contributed by atoms with Crippen molar-refractivity contribution in [3.63, 3.8) is 0 Å². The molecule has 1 heterocycles. The molecule has 0 amide bonds. The molecule has 0 spiro atoms. The van der Waals surface area contributed by atoms with E-state index in [4.69, 9.17) is 28.3 Å². The molecule has 0 saturated carbocycles. The molecule has 1 aromatic rings. The van der Waals surface area contributed by atoms with Crippen LogP contribution in [0, 0.1) is 5.92 Å². The van der Waals surface area contributed by atoms with E-state index in [-0.39, 0.29) is 16.9 Å². The first-order valence-corrected chi connectivity index (χ1v) is 4.91. The molecule has 5 nitrogen and oxygen atoms in total. The molecule has 15 heavy (non-hydrogen) atoms. The average molecular weight is 250 g/mol. The molecule has 0 radical (unpaired) electrons. The van der Waals surface area contributed by atoms with Gasteiger partial charge in [0.25, 0.3) is 0 Å². The van der Waals surface area contributed by atoms with Gasteiger partial charge in [0, 0.05) is 12.6 Å². The summed E-state index contributed by atoms with van der Waals surface area (Å²) in [5, 5.41) is 19.0. The molecule has 0 bridgehead atoms. The van der Waals surface area contributed by atoms with Crippen LogP contribution >= 0.6 is 23.2 Å². The van der Waals surface area contributed by atoms with Crippen molar-refractivity contribution in [2.75, 3.05) is 11.9 Å². The highest BCUT2D eigenvalue weighted by Crippen LogP contribution is 2.20. The summed E-state index contributed by atoms with van der Waals surface area (Å²) in [5.74, 6) is -1.40. The average Bonchev–Trinajstić information content (AvgIpc) is 2.18. The zero-order valence-corrected chi connectivity index (χ0v) is 9.38. The number of anilines is 1. The summed E-state index contributed by atoms with van der Waals surface area (Å²) in [7, 11) is 0. The van der Waals surface area contributed by atoms with Crippen LogP contribution in [0.4, 0.5) is 5.69 Å². The summed E-state index contributed by atoms with van der Waals surface area (Å²) in [6, 6.07) is 1.49. The lowest BCUT2D eigenvalue weighted by Gasteiger charge is -2.09. The fourth-order valence-electron chi connectivity index (χ4n) is 0.827. The molecule has 7 heteroatoms. The molecular formula is C8H9Cl2N3O2. The van der Waals surface area contributed by atoms with Crippen molar-refractivity contribution in [1.82, 2.24) is 10.2 Å². The Balaban J connectivity index is 2.65. The third kappa shape index (κ3) is 3.53. The number of carbonyl (C=O) groups is 1. The Morgan fingerprint density at radius 2 is 2.27 bits per heavy atom. The van der Waals surface area contributed by atoms with Gasteiger partial charge in [-0.1, -0.05) is 30.1 Å². The number of nitrogens with zero attached hydrogens (tertiary/aromatic N) is 2. The topological polar surface area (TPSA) is 75.1 Å². The molecule has 2 N–H and O–H groups in total. The van der Waals surface area contributed by atoms with Crippen LogP contribution in [0.3, 0.4) is 0 Å². The minimum atomic E-state index is -0.883. The predicted octanol–water partition coefficient (Wildman–Crippen LogP) is 1.92. The maximum atomic E-state index is 10.5. The van der Waals surface area contributed by atoms with E-state index in [0.717, 1.165) is 0 Å². The number of aliphatic carboxylic acids is 1. The minimum Gasteiger partial charge on any atom is -0.481 e. The van der Waals surface area contributed by atoms with Gasteiger partial charge in [-0.05, 0) is 0 Å². The number of halogens is 2. The van der Waals surface area contributed by atoms with Gasteiger partial charge in [0.05, 0.1) is 11.6 Å².